The van der Waals surface area contributed by atoms with Gasteiger partial charge in [-0.25, -0.2) is 4.79 Å². The van der Waals surface area contributed by atoms with Crippen LogP contribution in [0.5, 0.6) is 0 Å². The summed E-state index contributed by atoms with van der Waals surface area (Å²) in [5.74, 6) is -0.0959. The lowest BCUT2D eigenvalue weighted by Gasteiger charge is -2.26. The van der Waals surface area contributed by atoms with Crippen LogP contribution < -0.4 is 11.1 Å². The zero-order valence-electron chi connectivity index (χ0n) is 14.5. The van der Waals surface area contributed by atoms with Crippen molar-refractivity contribution in [2.75, 3.05) is 0 Å². The topological polar surface area (TPSA) is 81.4 Å². The minimum absolute atomic E-state index is 0.268. The molecule has 0 aliphatic heterocycles. The molecule has 0 fully saturated rings. The summed E-state index contributed by atoms with van der Waals surface area (Å²) in [4.78, 5) is 24.3. The molecule has 0 aromatic carbocycles. The second-order valence-electron chi connectivity index (χ2n) is 7.46. The van der Waals surface area contributed by atoms with E-state index in [2.05, 4.69) is 5.32 Å². The van der Waals surface area contributed by atoms with Crippen molar-refractivity contribution in [3.63, 3.8) is 0 Å². The monoisotopic (exact) mass is 300 g/mol. The van der Waals surface area contributed by atoms with E-state index >= 15 is 0 Å². The van der Waals surface area contributed by atoms with Crippen LogP contribution in [-0.2, 0) is 14.3 Å². The average Bonchev–Trinajstić information content (AvgIpc) is 2.23. The molecule has 124 valence electrons. The third-order valence-corrected chi connectivity index (χ3v) is 2.78. The molecule has 0 aliphatic carbocycles. The van der Waals surface area contributed by atoms with Gasteiger partial charge in [0.15, 0.2) is 0 Å². The lowest BCUT2D eigenvalue weighted by Crippen LogP contribution is -2.50. The van der Waals surface area contributed by atoms with Crippen molar-refractivity contribution in [1.29, 1.82) is 0 Å². The number of amides is 1. The number of carbonyl (C=O) groups excluding carboxylic acids is 2. The summed E-state index contributed by atoms with van der Waals surface area (Å²) in [7, 11) is 0. The van der Waals surface area contributed by atoms with E-state index < -0.39 is 23.7 Å². The van der Waals surface area contributed by atoms with Gasteiger partial charge in [-0.15, -0.1) is 0 Å². The van der Waals surface area contributed by atoms with Crippen LogP contribution in [0.2, 0.25) is 0 Å². The zero-order valence-corrected chi connectivity index (χ0v) is 14.5. The van der Waals surface area contributed by atoms with Crippen LogP contribution in [0.25, 0.3) is 0 Å². The Bertz CT molecular complexity index is 346. The number of hydrogen-bond acceptors (Lipinski definition) is 4. The standard InChI is InChI=1S/C16H32N2O3/c1-10(2)8-12(17)14(19)18-13(9-11(3)4)15(20)21-16(5,6)7/h10-13H,8-9,17H2,1-7H3,(H,18,19)/t12-,13-/m0/s1. The van der Waals surface area contributed by atoms with E-state index in [0.29, 0.717) is 18.8 Å². The number of ether oxygens (including phenoxy) is 1. The molecule has 0 aromatic rings. The smallest absolute Gasteiger partial charge is 0.329 e. The molecule has 0 heterocycles. The molecule has 0 rings (SSSR count). The van der Waals surface area contributed by atoms with Crippen molar-refractivity contribution < 1.29 is 14.3 Å². The normalized spacial score (nSPS) is 15.0. The Labute approximate surface area is 129 Å². The number of carbonyl (C=O) groups is 2. The molecule has 0 saturated heterocycles. The highest BCUT2D eigenvalue weighted by Crippen LogP contribution is 2.13. The minimum atomic E-state index is -0.644. The first kappa shape index (κ1) is 19.9. The SMILES string of the molecule is CC(C)C[C@H](NC(=O)[C@@H](N)CC(C)C)C(=O)OC(C)(C)C. The maximum Gasteiger partial charge on any atom is 0.329 e. The van der Waals surface area contributed by atoms with Gasteiger partial charge in [0, 0.05) is 0 Å². The zero-order chi connectivity index (χ0) is 16.8. The first-order valence-electron chi connectivity index (χ1n) is 7.71. The summed E-state index contributed by atoms with van der Waals surface area (Å²) in [6.45, 7) is 13.4. The molecule has 0 aromatic heterocycles. The molecule has 0 aliphatic rings. The predicted molar refractivity (Wildman–Crippen MR) is 84.7 cm³/mol. The largest absolute Gasteiger partial charge is 0.458 e. The van der Waals surface area contributed by atoms with Gasteiger partial charge in [0.2, 0.25) is 5.91 Å². The number of esters is 1. The van der Waals surface area contributed by atoms with Crippen molar-refractivity contribution in [3.05, 3.63) is 0 Å². The summed E-state index contributed by atoms with van der Waals surface area (Å²) in [6, 6.07) is -1.24. The van der Waals surface area contributed by atoms with E-state index in [-0.39, 0.29) is 11.8 Å². The van der Waals surface area contributed by atoms with Crippen LogP contribution in [0.3, 0.4) is 0 Å². The number of nitrogens with one attached hydrogen (secondary N) is 1. The van der Waals surface area contributed by atoms with Gasteiger partial charge in [-0.1, -0.05) is 27.7 Å². The summed E-state index contributed by atoms with van der Waals surface area (Å²) in [5.41, 5.74) is 5.29. The van der Waals surface area contributed by atoms with E-state index in [1.54, 1.807) is 0 Å². The van der Waals surface area contributed by atoms with Gasteiger partial charge < -0.3 is 15.8 Å². The molecule has 0 spiro atoms. The molecule has 0 saturated carbocycles. The maximum atomic E-state index is 12.2. The van der Waals surface area contributed by atoms with Crippen molar-refractivity contribution >= 4 is 11.9 Å². The quantitative estimate of drug-likeness (QED) is 0.706. The van der Waals surface area contributed by atoms with Crippen LogP contribution >= 0.6 is 0 Å². The van der Waals surface area contributed by atoms with Gasteiger partial charge in [-0.2, -0.15) is 0 Å². The van der Waals surface area contributed by atoms with Crippen molar-refractivity contribution in [3.8, 4) is 0 Å². The van der Waals surface area contributed by atoms with Gasteiger partial charge in [0.25, 0.3) is 0 Å². The first-order chi connectivity index (χ1) is 9.42. The Balaban J connectivity index is 4.76. The van der Waals surface area contributed by atoms with Crippen LogP contribution in [0.4, 0.5) is 0 Å². The van der Waals surface area contributed by atoms with Crippen LogP contribution in [0, 0.1) is 11.8 Å². The molecule has 5 nitrogen and oxygen atoms in total. The molecule has 0 bridgehead atoms. The molecule has 5 heteroatoms. The van der Waals surface area contributed by atoms with Gasteiger partial charge in [0.1, 0.15) is 11.6 Å². The summed E-state index contributed by atoms with van der Waals surface area (Å²) < 4.78 is 5.37. The van der Waals surface area contributed by atoms with Gasteiger partial charge >= 0.3 is 5.97 Å². The number of nitrogens with two attached hydrogens (primary N) is 1. The fraction of sp³-hybridized carbons (Fsp3) is 0.875. The Morgan fingerprint density at radius 1 is 1.05 bits per heavy atom. The molecule has 0 radical (unpaired) electrons. The lowest BCUT2D eigenvalue weighted by atomic mass is 10.0. The molecule has 2 atom stereocenters. The Hall–Kier alpha value is -1.10. The second-order valence-corrected chi connectivity index (χ2v) is 7.46. The summed E-state index contributed by atoms with van der Waals surface area (Å²) in [6.07, 6.45) is 1.13. The van der Waals surface area contributed by atoms with E-state index in [4.69, 9.17) is 10.5 Å². The summed E-state index contributed by atoms with van der Waals surface area (Å²) >= 11 is 0. The van der Waals surface area contributed by atoms with Crippen LogP contribution in [-0.4, -0.2) is 29.6 Å². The fourth-order valence-corrected chi connectivity index (χ4v) is 1.95. The Kier molecular flexibility index (Phi) is 7.93. The highest BCUT2D eigenvalue weighted by molar-refractivity contribution is 5.87. The minimum Gasteiger partial charge on any atom is -0.458 e. The van der Waals surface area contributed by atoms with Gasteiger partial charge in [0.05, 0.1) is 6.04 Å². The molecule has 0 unspecified atom stereocenters. The predicted octanol–water partition coefficient (Wildman–Crippen LogP) is 2.23. The number of rotatable bonds is 7. The Morgan fingerprint density at radius 2 is 1.52 bits per heavy atom. The fourth-order valence-electron chi connectivity index (χ4n) is 1.95. The van der Waals surface area contributed by atoms with Crippen LogP contribution in [0.15, 0.2) is 0 Å². The van der Waals surface area contributed by atoms with Crippen molar-refractivity contribution in [2.24, 2.45) is 17.6 Å². The third kappa shape index (κ3) is 9.45. The highest BCUT2D eigenvalue weighted by Gasteiger charge is 2.28. The van der Waals surface area contributed by atoms with Gasteiger partial charge in [-0.3, -0.25) is 4.79 Å². The van der Waals surface area contributed by atoms with E-state index in [1.807, 2.05) is 48.5 Å². The Morgan fingerprint density at radius 3 is 1.90 bits per heavy atom. The molecule has 3 N–H and O–H groups in total. The average molecular weight is 300 g/mol. The second kappa shape index (κ2) is 8.37. The molecular formula is C16H32N2O3. The first-order valence-corrected chi connectivity index (χ1v) is 7.71. The maximum absolute atomic E-state index is 12.2. The summed E-state index contributed by atoms with van der Waals surface area (Å²) in [5, 5.41) is 2.74. The third-order valence-electron chi connectivity index (χ3n) is 2.78. The molecule has 21 heavy (non-hydrogen) atoms. The van der Waals surface area contributed by atoms with E-state index in [1.165, 1.54) is 0 Å². The van der Waals surface area contributed by atoms with E-state index in [0.717, 1.165) is 0 Å². The van der Waals surface area contributed by atoms with Crippen molar-refractivity contribution in [2.45, 2.75) is 79.0 Å². The van der Waals surface area contributed by atoms with E-state index in [9.17, 15) is 9.59 Å². The van der Waals surface area contributed by atoms with Crippen molar-refractivity contribution in [1.82, 2.24) is 5.32 Å². The lowest BCUT2D eigenvalue weighted by molar-refractivity contribution is -0.159. The van der Waals surface area contributed by atoms with Gasteiger partial charge in [-0.05, 0) is 45.4 Å². The molecular weight excluding hydrogens is 268 g/mol. The van der Waals surface area contributed by atoms with Crippen LogP contribution in [0.1, 0.15) is 61.3 Å². The molecule has 1 amide bonds. The highest BCUT2D eigenvalue weighted by atomic mass is 16.6. The number of hydrogen-bond donors (Lipinski definition) is 2.